The first kappa shape index (κ1) is 10.5. The van der Waals surface area contributed by atoms with Crippen molar-refractivity contribution in [1.82, 2.24) is 5.32 Å². The van der Waals surface area contributed by atoms with Crippen molar-refractivity contribution in [2.45, 2.75) is 6.54 Å². The fourth-order valence-corrected chi connectivity index (χ4v) is 1.18. The molecule has 0 aromatic heterocycles. The molecule has 0 spiro atoms. The number of carbonyl (C=O) groups is 1. The van der Waals surface area contributed by atoms with Gasteiger partial charge in [-0.05, 0) is 24.3 Å². The van der Waals surface area contributed by atoms with Crippen LogP contribution < -0.4 is 5.32 Å². The van der Waals surface area contributed by atoms with Crippen molar-refractivity contribution in [3.05, 3.63) is 41.5 Å². The molecule has 0 heterocycles. The van der Waals surface area contributed by atoms with Crippen LogP contribution in [0, 0.1) is 0 Å². The van der Waals surface area contributed by atoms with E-state index in [9.17, 15) is 4.79 Å². The minimum atomic E-state index is -0.927. The van der Waals surface area contributed by atoms with Gasteiger partial charge in [0.15, 0.2) is 0 Å². The second-order valence-corrected chi connectivity index (χ2v) is 2.95. The van der Waals surface area contributed by atoms with Crippen molar-refractivity contribution in [1.29, 1.82) is 0 Å². The lowest BCUT2D eigenvalue weighted by atomic mass is 10.1. The van der Waals surface area contributed by atoms with Gasteiger partial charge in [-0.2, -0.15) is 0 Å². The van der Waals surface area contributed by atoms with E-state index in [1.165, 1.54) is 0 Å². The van der Waals surface area contributed by atoms with E-state index in [0.717, 1.165) is 23.7 Å². The first-order valence-electron chi connectivity index (χ1n) is 4.37. The van der Waals surface area contributed by atoms with Crippen molar-refractivity contribution in [2.75, 3.05) is 7.05 Å². The van der Waals surface area contributed by atoms with E-state index in [-0.39, 0.29) is 0 Å². The number of aliphatic carboxylic acids is 1. The molecule has 3 heteroatoms. The van der Waals surface area contributed by atoms with E-state index in [1.54, 1.807) is 6.08 Å². The maximum absolute atomic E-state index is 10.3. The predicted molar refractivity (Wildman–Crippen MR) is 55.9 cm³/mol. The first-order valence-corrected chi connectivity index (χ1v) is 4.37. The van der Waals surface area contributed by atoms with Crippen molar-refractivity contribution in [2.24, 2.45) is 0 Å². The number of carboxylic acids is 1. The molecule has 0 aliphatic carbocycles. The Morgan fingerprint density at radius 2 is 2.36 bits per heavy atom. The van der Waals surface area contributed by atoms with Gasteiger partial charge in [-0.3, -0.25) is 0 Å². The summed E-state index contributed by atoms with van der Waals surface area (Å²) in [5, 5.41) is 11.5. The highest BCUT2D eigenvalue weighted by Crippen LogP contribution is 2.06. The van der Waals surface area contributed by atoms with Crippen LogP contribution in [0.15, 0.2) is 30.3 Å². The lowest BCUT2D eigenvalue weighted by Crippen LogP contribution is -2.04. The second-order valence-electron chi connectivity index (χ2n) is 2.95. The highest BCUT2D eigenvalue weighted by atomic mass is 16.4. The molecule has 14 heavy (non-hydrogen) atoms. The Balaban J connectivity index is 2.77. The van der Waals surface area contributed by atoms with E-state index >= 15 is 0 Å². The summed E-state index contributed by atoms with van der Waals surface area (Å²) in [6, 6.07) is 7.73. The van der Waals surface area contributed by atoms with Crippen molar-refractivity contribution in [3.63, 3.8) is 0 Å². The maximum Gasteiger partial charge on any atom is 0.328 e. The third-order valence-electron chi connectivity index (χ3n) is 1.75. The van der Waals surface area contributed by atoms with Gasteiger partial charge in [-0.25, -0.2) is 4.79 Å². The van der Waals surface area contributed by atoms with Crippen LogP contribution in [0.5, 0.6) is 0 Å². The molecule has 0 radical (unpaired) electrons. The maximum atomic E-state index is 10.3. The van der Waals surface area contributed by atoms with Crippen molar-refractivity contribution in [3.8, 4) is 0 Å². The Kier molecular flexibility index (Phi) is 3.88. The topological polar surface area (TPSA) is 49.3 Å². The summed E-state index contributed by atoms with van der Waals surface area (Å²) in [4.78, 5) is 10.3. The monoisotopic (exact) mass is 191 g/mol. The molecule has 1 aromatic rings. The van der Waals surface area contributed by atoms with Gasteiger partial charge in [0.1, 0.15) is 0 Å². The van der Waals surface area contributed by atoms with Gasteiger partial charge in [0.25, 0.3) is 0 Å². The van der Waals surface area contributed by atoms with Gasteiger partial charge in [-0.1, -0.05) is 24.3 Å². The molecule has 0 saturated carbocycles. The summed E-state index contributed by atoms with van der Waals surface area (Å²) in [6.07, 6.45) is 2.72. The predicted octanol–water partition coefficient (Wildman–Crippen LogP) is 1.50. The molecule has 1 aromatic carbocycles. The van der Waals surface area contributed by atoms with Gasteiger partial charge in [0, 0.05) is 12.6 Å². The molecule has 0 saturated heterocycles. The molecule has 1 rings (SSSR count). The summed E-state index contributed by atoms with van der Waals surface area (Å²) in [5.74, 6) is -0.927. The number of carboxylic acid groups (broad SMARTS) is 1. The third kappa shape index (κ3) is 3.41. The van der Waals surface area contributed by atoms with E-state index < -0.39 is 5.97 Å². The summed E-state index contributed by atoms with van der Waals surface area (Å²) in [7, 11) is 1.87. The molecule has 0 bridgehead atoms. The van der Waals surface area contributed by atoms with Crippen LogP contribution in [0.2, 0.25) is 0 Å². The molecule has 0 aliphatic rings. The molecule has 0 unspecified atom stereocenters. The minimum absolute atomic E-state index is 0.786. The van der Waals surface area contributed by atoms with Crippen LogP contribution in [0.1, 0.15) is 11.1 Å². The number of benzene rings is 1. The van der Waals surface area contributed by atoms with Crippen LogP contribution in [-0.2, 0) is 11.3 Å². The minimum Gasteiger partial charge on any atom is -0.478 e. The van der Waals surface area contributed by atoms with Crippen LogP contribution in [-0.4, -0.2) is 18.1 Å². The first-order chi connectivity index (χ1) is 6.72. The van der Waals surface area contributed by atoms with E-state index in [2.05, 4.69) is 5.32 Å². The largest absolute Gasteiger partial charge is 0.478 e. The highest BCUT2D eigenvalue weighted by molar-refractivity contribution is 5.85. The molecular weight excluding hydrogens is 178 g/mol. The summed E-state index contributed by atoms with van der Waals surface area (Å²) in [6.45, 7) is 0.786. The smallest absolute Gasteiger partial charge is 0.328 e. The zero-order valence-corrected chi connectivity index (χ0v) is 8.03. The molecular formula is C11H13NO2. The van der Waals surface area contributed by atoms with E-state index in [4.69, 9.17) is 5.11 Å². The number of hydrogen-bond acceptors (Lipinski definition) is 2. The molecule has 74 valence electrons. The highest BCUT2D eigenvalue weighted by Gasteiger charge is 1.92. The molecule has 2 N–H and O–H groups in total. The second kappa shape index (κ2) is 5.19. The van der Waals surface area contributed by atoms with Crippen molar-refractivity contribution >= 4 is 12.0 Å². The van der Waals surface area contributed by atoms with Gasteiger partial charge >= 0.3 is 5.97 Å². The summed E-state index contributed by atoms with van der Waals surface area (Å²) in [5.41, 5.74) is 2.04. The lowest BCUT2D eigenvalue weighted by Gasteiger charge is -2.00. The average Bonchev–Trinajstić information content (AvgIpc) is 2.16. The average molecular weight is 191 g/mol. The van der Waals surface area contributed by atoms with Crippen molar-refractivity contribution < 1.29 is 9.90 Å². The number of rotatable bonds is 4. The Labute approximate surface area is 83.1 Å². The lowest BCUT2D eigenvalue weighted by molar-refractivity contribution is -0.131. The molecule has 0 fully saturated rings. The quantitative estimate of drug-likeness (QED) is 0.709. The standard InChI is InChI=1S/C11H13NO2/c1-12-8-10-4-2-3-9(7-10)5-6-11(13)14/h2-7,12H,8H2,1H3,(H,13,14). The Morgan fingerprint density at radius 3 is 3.00 bits per heavy atom. The number of nitrogens with one attached hydrogen (secondary N) is 1. The summed E-state index contributed by atoms with van der Waals surface area (Å²) >= 11 is 0. The molecule has 0 amide bonds. The number of hydrogen-bond donors (Lipinski definition) is 2. The Hall–Kier alpha value is -1.61. The van der Waals surface area contributed by atoms with Gasteiger partial charge in [0.05, 0.1) is 0 Å². The van der Waals surface area contributed by atoms with E-state index in [1.807, 2.05) is 31.3 Å². The molecule has 3 nitrogen and oxygen atoms in total. The van der Waals surface area contributed by atoms with Crippen LogP contribution in [0.25, 0.3) is 6.08 Å². The summed E-state index contributed by atoms with van der Waals surface area (Å²) < 4.78 is 0. The Morgan fingerprint density at radius 1 is 1.57 bits per heavy atom. The zero-order valence-electron chi connectivity index (χ0n) is 8.03. The molecule has 0 aliphatic heterocycles. The fourth-order valence-electron chi connectivity index (χ4n) is 1.18. The van der Waals surface area contributed by atoms with Crippen LogP contribution >= 0.6 is 0 Å². The van der Waals surface area contributed by atoms with Crippen LogP contribution in [0.4, 0.5) is 0 Å². The molecule has 0 atom stereocenters. The normalized spacial score (nSPS) is 10.6. The SMILES string of the molecule is CNCc1cccc(C=CC(=O)O)c1. The van der Waals surface area contributed by atoms with Crippen LogP contribution in [0.3, 0.4) is 0 Å². The van der Waals surface area contributed by atoms with E-state index in [0.29, 0.717) is 0 Å². The van der Waals surface area contributed by atoms with Gasteiger partial charge in [0.2, 0.25) is 0 Å². The zero-order chi connectivity index (χ0) is 10.4. The Bertz CT molecular complexity index is 345. The van der Waals surface area contributed by atoms with Gasteiger partial charge < -0.3 is 10.4 Å². The third-order valence-corrected chi connectivity index (χ3v) is 1.75. The fraction of sp³-hybridized carbons (Fsp3) is 0.182. The van der Waals surface area contributed by atoms with Gasteiger partial charge in [-0.15, -0.1) is 0 Å².